The molecule has 0 radical (unpaired) electrons. The molecule has 3 atom stereocenters. The summed E-state index contributed by atoms with van der Waals surface area (Å²) in [6, 6.07) is 9.13. The maximum absolute atomic E-state index is 6.04. The number of halogens is 1. The van der Waals surface area contributed by atoms with Crippen molar-refractivity contribution in [3.63, 3.8) is 0 Å². The topological polar surface area (TPSA) is 36.1 Å². The zero-order valence-corrected chi connectivity index (χ0v) is 10.7. The summed E-state index contributed by atoms with van der Waals surface area (Å²) in [6.07, 6.45) is 2.98. The van der Waals surface area contributed by atoms with Crippen LogP contribution in [0.1, 0.15) is 31.4 Å². The first kappa shape index (κ1) is 11.5. The minimum atomic E-state index is 0.324. The van der Waals surface area contributed by atoms with Crippen molar-refractivity contribution < 1.29 is 0 Å². The van der Waals surface area contributed by atoms with Gasteiger partial charge in [-0.2, -0.15) is 0 Å². The first-order valence-electron chi connectivity index (χ1n) is 6.26. The highest BCUT2D eigenvalue weighted by Gasteiger charge is 2.36. The van der Waals surface area contributed by atoms with E-state index in [0.29, 0.717) is 18.1 Å². The first-order valence-corrected chi connectivity index (χ1v) is 6.64. The van der Waals surface area contributed by atoms with Gasteiger partial charge in [0.2, 0.25) is 0 Å². The third-order valence-corrected chi connectivity index (χ3v) is 3.88. The molecule has 3 nitrogen and oxygen atoms in total. The van der Waals surface area contributed by atoms with Gasteiger partial charge < -0.3 is 0 Å². The van der Waals surface area contributed by atoms with Gasteiger partial charge in [0.1, 0.15) is 0 Å². The van der Waals surface area contributed by atoms with E-state index in [0.717, 1.165) is 11.1 Å². The molecule has 3 N–H and O–H groups in total. The molecule has 1 aliphatic carbocycles. The SMILES string of the molecule is CC1C(NC2CC2)NNC1c1cccc(Cl)c1. The molecule has 1 aromatic rings. The molecular formula is C13H18ClN3. The number of rotatable bonds is 3. The van der Waals surface area contributed by atoms with Gasteiger partial charge in [0.05, 0.1) is 12.2 Å². The highest BCUT2D eigenvalue weighted by molar-refractivity contribution is 6.30. The van der Waals surface area contributed by atoms with Crippen LogP contribution < -0.4 is 16.2 Å². The highest BCUT2D eigenvalue weighted by atomic mass is 35.5. The number of benzene rings is 1. The van der Waals surface area contributed by atoms with Crippen molar-refractivity contribution in [3.8, 4) is 0 Å². The molecule has 17 heavy (non-hydrogen) atoms. The number of nitrogens with one attached hydrogen (secondary N) is 3. The fourth-order valence-electron chi connectivity index (χ4n) is 2.42. The molecule has 1 aliphatic heterocycles. The summed E-state index contributed by atoms with van der Waals surface area (Å²) in [7, 11) is 0. The Hall–Kier alpha value is -0.610. The lowest BCUT2D eigenvalue weighted by Gasteiger charge is -2.19. The van der Waals surface area contributed by atoms with Crippen molar-refractivity contribution in [1.82, 2.24) is 16.2 Å². The van der Waals surface area contributed by atoms with Crippen molar-refractivity contribution in [2.24, 2.45) is 5.92 Å². The minimum Gasteiger partial charge on any atom is -0.298 e. The number of hydrazine groups is 1. The molecule has 1 heterocycles. The van der Waals surface area contributed by atoms with E-state index in [2.05, 4.69) is 29.2 Å². The summed E-state index contributed by atoms with van der Waals surface area (Å²) < 4.78 is 0. The van der Waals surface area contributed by atoms with E-state index in [4.69, 9.17) is 11.6 Å². The molecule has 2 aliphatic rings. The molecule has 3 unspecified atom stereocenters. The minimum absolute atomic E-state index is 0.324. The van der Waals surface area contributed by atoms with E-state index in [9.17, 15) is 0 Å². The van der Waals surface area contributed by atoms with E-state index >= 15 is 0 Å². The van der Waals surface area contributed by atoms with Crippen molar-refractivity contribution in [2.75, 3.05) is 0 Å². The van der Waals surface area contributed by atoms with Crippen molar-refractivity contribution in [1.29, 1.82) is 0 Å². The summed E-state index contributed by atoms with van der Waals surface area (Å²) in [4.78, 5) is 0. The molecule has 0 bridgehead atoms. The van der Waals surface area contributed by atoms with Crippen LogP contribution in [-0.4, -0.2) is 12.2 Å². The van der Waals surface area contributed by atoms with Crippen LogP contribution in [0.25, 0.3) is 0 Å². The summed E-state index contributed by atoms with van der Waals surface area (Å²) in [5, 5.41) is 4.41. The van der Waals surface area contributed by atoms with E-state index in [-0.39, 0.29) is 0 Å². The third kappa shape index (κ3) is 2.47. The Balaban J connectivity index is 1.71. The highest BCUT2D eigenvalue weighted by Crippen LogP contribution is 2.30. The smallest absolute Gasteiger partial charge is 0.0751 e. The summed E-state index contributed by atoms with van der Waals surface area (Å²) in [6.45, 7) is 2.26. The number of hydrogen-bond acceptors (Lipinski definition) is 3. The molecule has 1 saturated carbocycles. The average Bonchev–Trinajstić information content (AvgIpc) is 3.04. The first-order chi connectivity index (χ1) is 8.24. The fourth-order valence-corrected chi connectivity index (χ4v) is 2.62. The average molecular weight is 252 g/mol. The van der Waals surface area contributed by atoms with Gasteiger partial charge in [-0.1, -0.05) is 30.7 Å². The lowest BCUT2D eigenvalue weighted by molar-refractivity contribution is 0.380. The Labute approximate surface area is 107 Å². The summed E-state index contributed by atoms with van der Waals surface area (Å²) in [5.74, 6) is 0.508. The van der Waals surface area contributed by atoms with E-state index < -0.39 is 0 Å². The van der Waals surface area contributed by atoms with E-state index in [1.54, 1.807) is 0 Å². The second kappa shape index (κ2) is 4.58. The van der Waals surface area contributed by atoms with Crippen LogP contribution in [0.4, 0.5) is 0 Å². The quantitative estimate of drug-likeness (QED) is 0.771. The molecule has 0 spiro atoms. The normalized spacial score (nSPS) is 32.9. The maximum atomic E-state index is 6.04. The van der Waals surface area contributed by atoms with Gasteiger partial charge in [-0.3, -0.25) is 5.32 Å². The van der Waals surface area contributed by atoms with Crippen LogP contribution in [0.5, 0.6) is 0 Å². The van der Waals surface area contributed by atoms with Gasteiger partial charge in [-0.25, -0.2) is 10.9 Å². The predicted molar refractivity (Wildman–Crippen MR) is 69.6 cm³/mol. The largest absolute Gasteiger partial charge is 0.298 e. The van der Waals surface area contributed by atoms with Crippen LogP contribution >= 0.6 is 11.6 Å². The van der Waals surface area contributed by atoms with Crippen molar-refractivity contribution in [2.45, 2.75) is 38.0 Å². The molecule has 2 fully saturated rings. The van der Waals surface area contributed by atoms with Gasteiger partial charge in [0.15, 0.2) is 0 Å². The number of hydrogen-bond donors (Lipinski definition) is 3. The Morgan fingerprint density at radius 2 is 2.12 bits per heavy atom. The Bertz CT molecular complexity index is 405. The van der Waals surface area contributed by atoms with Crippen LogP contribution in [0.3, 0.4) is 0 Å². The van der Waals surface area contributed by atoms with Gasteiger partial charge in [0.25, 0.3) is 0 Å². The molecule has 0 amide bonds. The molecule has 1 aromatic carbocycles. The second-order valence-electron chi connectivity index (χ2n) is 5.10. The van der Waals surface area contributed by atoms with E-state index in [1.165, 1.54) is 18.4 Å². The zero-order chi connectivity index (χ0) is 11.8. The van der Waals surface area contributed by atoms with Crippen LogP contribution in [0, 0.1) is 5.92 Å². The monoisotopic (exact) mass is 251 g/mol. The van der Waals surface area contributed by atoms with Crippen molar-refractivity contribution in [3.05, 3.63) is 34.9 Å². The van der Waals surface area contributed by atoms with Crippen LogP contribution in [0.2, 0.25) is 5.02 Å². The van der Waals surface area contributed by atoms with Gasteiger partial charge in [0, 0.05) is 17.0 Å². The Kier molecular flexibility index (Phi) is 3.09. The molecule has 3 rings (SSSR count). The lowest BCUT2D eigenvalue weighted by Crippen LogP contribution is -2.44. The van der Waals surface area contributed by atoms with Gasteiger partial charge in [-0.05, 0) is 30.5 Å². The molecule has 92 valence electrons. The Morgan fingerprint density at radius 1 is 1.29 bits per heavy atom. The van der Waals surface area contributed by atoms with E-state index in [1.807, 2.05) is 18.2 Å². The molecule has 4 heteroatoms. The third-order valence-electron chi connectivity index (χ3n) is 3.65. The van der Waals surface area contributed by atoms with Gasteiger partial charge in [-0.15, -0.1) is 0 Å². The summed E-state index contributed by atoms with van der Waals surface area (Å²) in [5.41, 5.74) is 7.95. The summed E-state index contributed by atoms with van der Waals surface area (Å²) >= 11 is 6.04. The fraction of sp³-hybridized carbons (Fsp3) is 0.538. The van der Waals surface area contributed by atoms with Crippen LogP contribution in [-0.2, 0) is 0 Å². The molecule has 0 aromatic heterocycles. The lowest BCUT2D eigenvalue weighted by atomic mass is 9.94. The second-order valence-corrected chi connectivity index (χ2v) is 5.54. The molecule has 1 saturated heterocycles. The standard InChI is InChI=1S/C13H18ClN3/c1-8-12(9-3-2-4-10(14)7-9)16-17-13(8)15-11-5-6-11/h2-4,7-8,11-13,15-17H,5-6H2,1H3. The predicted octanol–water partition coefficient (Wildman–Crippen LogP) is 2.20. The van der Waals surface area contributed by atoms with Crippen LogP contribution in [0.15, 0.2) is 24.3 Å². The molecular weight excluding hydrogens is 234 g/mol. The zero-order valence-electron chi connectivity index (χ0n) is 9.91. The maximum Gasteiger partial charge on any atom is 0.0751 e. The van der Waals surface area contributed by atoms with Gasteiger partial charge >= 0.3 is 0 Å². The Morgan fingerprint density at radius 3 is 2.82 bits per heavy atom. The van der Waals surface area contributed by atoms with Crippen molar-refractivity contribution >= 4 is 11.6 Å².